The second kappa shape index (κ2) is 4.87. The van der Waals surface area contributed by atoms with Gasteiger partial charge in [0.05, 0.1) is 0 Å². The summed E-state index contributed by atoms with van der Waals surface area (Å²) in [5.41, 5.74) is 4.22. The molecule has 0 unspecified atom stereocenters. The Balaban J connectivity index is 0.00000162. The summed E-state index contributed by atoms with van der Waals surface area (Å²) < 4.78 is 5.24. The van der Waals surface area contributed by atoms with Crippen molar-refractivity contribution in [2.45, 2.75) is 0 Å². The van der Waals surface area contributed by atoms with E-state index in [0.717, 1.165) is 0 Å². The lowest BCUT2D eigenvalue weighted by Crippen LogP contribution is -2.25. The normalized spacial score (nSPS) is 14.1. The van der Waals surface area contributed by atoms with Crippen LogP contribution in [0.5, 0.6) is 0 Å². The summed E-state index contributed by atoms with van der Waals surface area (Å²) in [5, 5.41) is 21.9. The largest absolute Gasteiger partial charge is 0.845 e. The van der Waals surface area contributed by atoms with Gasteiger partial charge in [-0.25, -0.2) is 4.79 Å². The summed E-state index contributed by atoms with van der Waals surface area (Å²) in [4.78, 5) is 25.8. The number of carbonyl (C=O) groups excluding carboxylic acids is 2. The highest BCUT2D eigenvalue weighted by atomic mass is 35.5. The Morgan fingerprint density at radius 2 is 2.11 bits per heavy atom. The van der Waals surface area contributed by atoms with E-state index < -0.39 is 35.5 Å². The molecule has 93 valence electrons. The van der Waals surface area contributed by atoms with Crippen LogP contribution in [0.3, 0.4) is 0 Å². The van der Waals surface area contributed by atoms with Gasteiger partial charge in [0.1, 0.15) is 0 Å². The molecular weight excluding hydrogens is 266 g/mol. The average molecular weight is 271 g/mol. The zero-order valence-corrected chi connectivity index (χ0v) is 9.44. The summed E-state index contributed by atoms with van der Waals surface area (Å²) in [6.45, 7) is -0.991. The van der Waals surface area contributed by atoms with Crippen LogP contribution in [0.2, 0.25) is 0 Å². The molecule has 0 aliphatic carbocycles. The van der Waals surface area contributed by atoms with Crippen molar-refractivity contribution in [3.05, 3.63) is 28.5 Å². The Hall–Kier alpha value is -2.37. The highest BCUT2D eigenvalue weighted by molar-refractivity contribution is 6.45. The minimum absolute atomic E-state index is 0. The number of carbonyl (C=O) groups is 1. The number of anilines is 1. The minimum atomic E-state index is -1.10. The third-order valence-corrected chi connectivity index (χ3v) is 1.91. The number of allylic oxidation sites excluding steroid dienone is 1. The first-order valence-corrected chi connectivity index (χ1v) is 4.32. The molecule has 0 bridgehead atoms. The zero-order valence-electron chi connectivity index (χ0n) is 8.63. The van der Waals surface area contributed by atoms with Crippen molar-refractivity contribution in [2.24, 2.45) is 0 Å². The highest BCUT2D eigenvalue weighted by Crippen LogP contribution is 2.13. The van der Waals surface area contributed by atoms with Gasteiger partial charge in [0, 0.05) is 6.20 Å². The van der Waals surface area contributed by atoms with E-state index in [2.05, 4.69) is 17.2 Å². The lowest BCUT2D eigenvalue weighted by molar-refractivity contribution is -0.389. The number of nitrogens with two attached hydrogens (primary N) is 1. The van der Waals surface area contributed by atoms with Crippen molar-refractivity contribution in [2.75, 3.05) is 12.3 Å². The summed E-state index contributed by atoms with van der Waals surface area (Å²) in [6, 6.07) is 2.24. The Kier molecular flexibility index (Phi) is 3.70. The van der Waals surface area contributed by atoms with Crippen LogP contribution in [0.4, 0.5) is 5.82 Å². The molecule has 0 spiro atoms. The number of hydrogen-bond acceptors (Lipinski definition) is 5. The molecule has 1 aromatic rings. The quantitative estimate of drug-likeness (QED) is 0.467. The van der Waals surface area contributed by atoms with E-state index in [1.54, 1.807) is 0 Å². The van der Waals surface area contributed by atoms with Crippen LogP contribution < -0.4 is 16.5 Å². The third kappa shape index (κ3) is 2.04. The number of ketones is 2. The summed E-state index contributed by atoms with van der Waals surface area (Å²) in [6.07, 6.45) is 2.18. The second-order valence-corrected chi connectivity index (χ2v) is 2.98. The maximum absolute atomic E-state index is 11.4. The van der Waals surface area contributed by atoms with Gasteiger partial charge in [-0.15, -0.1) is 17.0 Å². The Bertz CT molecular complexity index is 619. The molecule has 1 radical (unpaired) electrons. The maximum Gasteiger partial charge on any atom is 0.501 e. The van der Waals surface area contributed by atoms with E-state index in [1.807, 2.05) is 0 Å². The number of Topliss-reactive ketones (excluding diaryl/α,β-unsaturated/α-hetero) is 1. The number of rotatable bonds is 2. The minimum Gasteiger partial charge on any atom is -0.845 e. The fourth-order valence-corrected chi connectivity index (χ4v) is 1.15. The van der Waals surface area contributed by atoms with Crippen LogP contribution in [0, 0.1) is 12.3 Å². The van der Waals surface area contributed by atoms with Crippen molar-refractivity contribution >= 4 is 35.7 Å². The summed E-state index contributed by atoms with van der Waals surface area (Å²) in [5.74, 6) is -3.59. The van der Waals surface area contributed by atoms with E-state index in [9.17, 15) is 19.8 Å². The van der Waals surface area contributed by atoms with Crippen molar-refractivity contribution < 1.29 is 19.4 Å². The average Bonchev–Trinajstić information content (AvgIpc) is 2.57. The summed E-state index contributed by atoms with van der Waals surface area (Å²) >= 11 is 0. The smallest absolute Gasteiger partial charge is 0.501 e. The molecule has 1 aliphatic heterocycles. The lowest BCUT2D eigenvalue weighted by Gasteiger charge is -1.89. The predicted molar refractivity (Wildman–Crippen MR) is 56.6 cm³/mol. The molecule has 0 atom stereocenters. The van der Waals surface area contributed by atoms with Gasteiger partial charge in [0.2, 0.25) is 0 Å². The van der Waals surface area contributed by atoms with Crippen molar-refractivity contribution in [3.63, 3.8) is 0 Å². The molecule has 0 saturated heterocycles. The van der Waals surface area contributed by atoms with Gasteiger partial charge in [-0.05, 0) is 12.7 Å². The highest BCUT2D eigenvalue weighted by Gasteiger charge is 2.43. The molecule has 0 saturated carbocycles. The molecule has 2 N–H and O–H groups in total. The Morgan fingerprint density at radius 1 is 1.44 bits per heavy atom. The van der Waals surface area contributed by atoms with E-state index in [4.69, 9.17) is 10.2 Å². The lowest BCUT2D eigenvalue weighted by atomic mass is 10.2. The molecule has 0 amide bonds. The summed E-state index contributed by atoms with van der Waals surface area (Å²) in [7, 11) is 0. The van der Waals surface area contributed by atoms with E-state index >= 15 is 0 Å². The molecule has 18 heavy (non-hydrogen) atoms. The van der Waals surface area contributed by atoms with Crippen LogP contribution in [-0.4, -0.2) is 27.7 Å². The number of halogens is 1. The molecule has 9 heteroatoms. The van der Waals surface area contributed by atoms with Gasteiger partial charge in [-0.3, -0.25) is 9.90 Å². The van der Waals surface area contributed by atoms with Gasteiger partial charge in [0.15, 0.2) is 5.82 Å². The van der Waals surface area contributed by atoms with Crippen LogP contribution in [0.25, 0.3) is 5.88 Å². The van der Waals surface area contributed by atoms with Gasteiger partial charge >= 0.3 is 28.9 Å². The fourth-order valence-electron chi connectivity index (χ4n) is 1.15. The molecule has 1 aromatic heterocycles. The van der Waals surface area contributed by atoms with Crippen molar-refractivity contribution in [3.8, 4) is 0 Å². The number of hydrogen-bond donors (Lipinski definition) is 1. The Labute approximate surface area is 106 Å². The first kappa shape index (κ1) is 13.7. The fraction of sp³-hybridized carbons (Fsp3) is 0.111. The van der Waals surface area contributed by atoms with Crippen LogP contribution in [-0.2, 0) is 14.3 Å². The van der Waals surface area contributed by atoms with Crippen LogP contribution >= 0.6 is 12.4 Å². The third-order valence-electron chi connectivity index (χ3n) is 1.91. The van der Waals surface area contributed by atoms with Crippen LogP contribution in [0.1, 0.15) is 0 Å². The van der Waals surface area contributed by atoms with E-state index in [-0.39, 0.29) is 18.2 Å². The molecule has 2 rings (SSSR count). The SMILES string of the molecule is Cl.Nc1c#cn(C2=C([O])C(=O)C(C[O-])=[O+]2)c(=O)n1. The number of nitrogen functional groups attached to an aromatic ring is 1. The molecular formula is C9H5ClN3O5. The van der Waals surface area contributed by atoms with Crippen LogP contribution in [0.15, 0.2) is 10.6 Å². The van der Waals surface area contributed by atoms with E-state index in [0.29, 0.717) is 4.57 Å². The second-order valence-electron chi connectivity index (χ2n) is 2.98. The van der Waals surface area contributed by atoms with E-state index in [1.165, 1.54) is 0 Å². The molecule has 1 aliphatic rings. The molecule has 8 nitrogen and oxygen atoms in total. The number of aromatic nitrogens is 2. The van der Waals surface area contributed by atoms with Gasteiger partial charge in [-0.1, -0.05) is 0 Å². The first-order chi connectivity index (χ1) is 8.04. The van der Waals surface area contributed by atoms with Gasteiger partial charge in [0.25, 0.3) is 0 Å². The molecule has 2 heterocycles. The Morgan fingerprint density at radius 3 is 2.61 bits per heavy atom. The van der Waals surface area contributed by atoms with Crippen molar-refractivity contribution in [1.29, 1.82) is 0 Å². The standard InChI is InChI=1S/C9H4N3O5.ClH/c10-5-1-2-12(9(16)11-5)8-7(15)6(14)4(3-13)17-8;/h3H2,(H2,10,11,16);1H. The number of nitrogens with zero attached hydrogens (tertiary/aromatic N) is 2. The van der Waals surface area contributed by atoms with Gasteiger partial charge in [-0.2, -0.15) is 9.41 Å². The monoisotopic (exact) mass is 270 g/mol. The first-order valence-electron chi connectivity index (χ1n) is 4.32. The topological polar surface area (TPSA) is 132 Å². The molecule has 0 fully saturated rings. The predicted octanol–water partition coefficient (Wildman–Crippen LogP) is -2.55. The maximum atomic E-state index is 11.4. The van der Waals surface area contributed by atoms with Crippen molar-refractivity contribution in [1.82, 2.24) is 9.55 Å². The zero-order chi connectivity index (χ0) is 12.6. The molecule has 0 aromatic carbocycles. The van der Waals surface area contributed by atoms with Gasteiger partial charge < -0.3 is 10.8 Å².